The minimum Gasteiger partial charge on any atom is -0.330 e. The summed E-state index contributed by atoms with van der Waals surface area (Å²) in [7, 11) is 4.38. The highest BCUT2D eigenvalue weighted by Gasteiger charge is 2.24. The number of hydrogen-bond donors (Lipinski definition) is 1. The first-order valence-corrected chi connectivity index (χ1v) is 7.11. The van der Waals surface area contributed by atoms with Gasteiger partial charge in [-0.05, 0) is 64.8 Å². The molecule has 0 aromatic rings. The van der Waals surface area contributed by atoms with Gasteiger partial charge in [-0.1, -0.05) is 13.8 Å². The molecule has 0 saturated carbocycles. The van der Waals surface area contributed by atoms with E-state index in [1.165, 1.54) is 38.9 Å². The van der Waals surface area contributed by atoms with Gasteiger partial charge >= 0.3 is 0 Å². The van der Waals surface area contributed by atoms with Crippen molar-refractivity contribution in [3.63, 3.8) is 0 Å². The van der Waals surface area contributed by atoms with Crippen molar-refractivity contribution in [3.05, 3.63) is 0 Å². The van der Waals surface area contributed by atoms with Gasteiger partial charge in [-0.3, -0.25) is 0 Å². The molecule has 1 aliphatic rings. The van der Waals surface area contributed by atoms with Gasteiger partial charge in [0.25, 0.3) is 0 Å². The molecule has 1 rings (SSSR count). The fourth-order valence-corrected chi connectivity index (χ4v) is 2.80. The zero-order valence-electron chi connectivity index (χ0n) is 12.2. The summed E-state index contributed by atoms with van der Waals surface area (Å²) >= 11 is 0. The topological polar surface area (TPSA) is 32.5 Å². The molecule has 102 valence electrons. The lowest BCUT2D eigenvalue weighted by molar-refractivity contribution is 0.250. The number of nitrogens with zero attached hydrogens (tertiary/aromatic N) is 2. The molecule has 0 aromatic carbocycles. The average Bonchev–Trinajstić information content (AvgIpc) is 2.72. The van der Waals surface area contributed by atoms with Crippen LogP contribution >= 0.6 is 0 Å². The summed E-state index contributed by atoms with van der Waals surface area (Å²) in [6.45, 7) is 9.18. The molecule has 0 aliphatic carbocycles. The Morgan fingerprint density at radius 3 is 2.53 bits per heavy atom. The predicted molar refractivity (Wildman–Crippen MR) is 75.1 cm³/mol. The first kappa shape index (κ1) is 14.9. The highest BCUT2D eigenvalue weighted by molar-refractivity contribution is 4.81. The lowest BCUT2D eigenvalue weighted by Gasteiger charge is -2.23. The molecular formula is C14H31N3. The Labute approximate surface area is 107 Å². The first-order chi connectivity index (χ1) is 8.02. The van der Waals surface area contributed by atoms with E-state index in [0.717, 1.165) is 18.5 Å². The molecule has 1 fully saturated rings. The Morgan fingerprint density at radius 2 is 2.06 bits per heavy atom. The van der Waals surface area contributed by atoms with Crippen LogP contribution in [0.15, 0.2) is 0 Å². The minimum atomic E-state index is 0.716. The van der Waals surface area contributed by atoms with Crippen molar-refractivity contribution in [2.75, 3.05) is 40.3 Å². The van der Waals surface area contributed by atoms with E-state index in [1.54, 1.807) is 0 Å². The second kappa shape index (κ2) is 7.34. The van der Waals surface area contributed by atoms with E-state index in [1.807, 2.05) is 0 Å². The molecule has 0 aromatic heterocycles. The van der Waals surface area contributed by atoms with Gasteiger partial charge in [-0.2, -0.15) is 0 Å². The van der Waals surface area contributed by atoms with Crippen LogP contribution in [-0.2, 0) is 0 Å². The zero-order chi connectivity index (χ0) is 12.8. The molecule has 1 aliphatic heterocycles. The Hall–Kier alpha value is -0.120. The Balaban J connectivity index is 2.22. The van der Waals surface area contributed by atoms with Crippen LogP contribution in [0.5, 0.6) is 0 Å². The smallest absolute Gasteiger partial charge is 0.0229 e. The number of rotatable bonds is 7. The van der Waals surface area contributed by atoms with E-state index in [2.05, 4.69) is 37.7 Å². The predicted octanol–water partition coefficient (Wildman–Crippen LogP) is 1.63. The van der Waals surface area contributed by atoms with Crippen LogP contribution in [0.1, 0.15) is 33.1 Å². The Kier molecular flexibility index (Phi) is 6.45. The summed E-state index contributed by atoms with van der Waals surface area (Å²) < 4.78 is 0. The molecule has 17 heavy (non-hydrogen) atoms. The van der Waals surface area contributed by atoms with Crippen molar-refractivity contribution in [2.45, 2.75) is 39.2 Å². The van der Waals surface area contributed by atoms with Crippen LogP contribution < -0.4 is 5.73 Å². The third kappa shape index (κ3) is 5.36. The monoisotopic (exact) mass is 241 g/mol. The van der Waals surface area contributed by atoms with Crippen LogP contribution in [0.3, 0.4) is 0 Å². The summed E-state index contributed by atoms with van der Waals surface area (Å²) in [5, 5.41) is 0. The van der Waals surface area contributed by atoms with Crippen molar-refractivity contribution in [3.8, 4) is 0 Å². The summed E-state index contributed by atoms with van der Waals surface area (Å²) in [4.78, 5) is 4.96. The summed E-state index contributed by atoms with van der Waals surface area (Å²) in [5.41, 5.74) is 5.85. The maximum absolute atomic E-state index is 5.85. The summed E-state index contributed by atoms with van der Waals surface area (Å²) in [6.07, 6.45) is 3.88. The van der Waals surface area contributed by atoms with Crippen LogP contribution in [-0.4, -0.2) is 56.1 Å². The second-order valence-corrected chi connectivity index (χ2v) is 6.23. The normalized spacial score (nSPS) is 23.8. The molecule has 0 radical (unpaired) electrons. The molecule has 2 unspecified atom stereocenters. The van der Waals surface area contributed by atoms with Gasteiger partial charge < -0.3 is 15.5 Å². The highest BCUT2D eigenvalue weighted by Crippen LogP contribution is 2.18. The van der Waals surface area contributed by atoms with Gasteiger partial charge in [-0.15, -0.1) is 0 Å². The Bertz CT molecular complexity index is 204. The third-order valence-corrected chi connectivity index (χ3v) is 3.97. The fourth-order valence-electron chi connectivity index (χ4n) is 2.80. The lowest BCUT2D eigenvalue weighted by Crippen LogP contribution is -2.32. The van der Waals surface area contributed by atoms with Crippen molar-refractivity contribution >= 4 is 0 Å². The highest BCUT2D eigenvalue weighted by atomic mass is 15.2. The van der Waals surface area contributed by atoms with Crippen LogP contribution in [0.2, 0.25) is 0 Å². The van der Waals surface area contributed by atoms with Crippen molar-refractivity contribution < 1.29 is 0 Å². The molecular weight excluding hydrogens is 210 g/mol. The maximum Gasteiger partial charge on any atom is 0.0229 e. The molecule has 2 atom stereocenters. The molecule has 0 spiro atoms. The molecule has 1 saturated heterocycles. The second-order valence-electron chi connectivity index (χ2n) is 6.23. The number of likely N-dealkylation sites (N-methyl/N-ethyl adjacent to an activating group) is 1. The quantitative estimate of drug-likeness (QED) is 0.735. The van der Waals surface area contributed by atoms with Crippen molar-refractivity contribution in [1.29, 1.82) is 0 Å². The molecule has 2 N–H and O–H groups in total. The molecule has 0 amide bonds. The molecule has 0 bridgehead atoms. The van der Waals surface area contributed by atoms with E-state index in [9.17, 15) is 0 Å². The number of hydrogen-bond acceptors (Lipinski definition) is 3. The van der Waals surface area contributed by atoms with E-state index >= 15 is 0 Å². The van der Waals surface area contributed by atoms with E-state index in [-0.39, 0.29) is 0 Å². The van der Waals surface area contributed by atoms with Crippen LogP contribution in [0.25, 0.3) is 0 Å². The minimum absolute atomic E-state index is 0.716. The van der Waals surface area contributed by atoms with Gasteiger partial charge in [-0.25, -0.2) is 0 Å². The van der Waals surface area contributed by atoms with Crippen molar-refractivity contribution in [1.82, 2.24) is 9.80 Å². The maximum atomic E-state index is 5.85. The fraction of sp³-hybridized carbons (Fsp3) is 1.00. The first-order valence-electron chi connectivity index (χ1n) is 7.11. The van der Waals surface area contributed by atoms with E-state index in [0.29, 0.717) is 5.92 Å². The number of nitrogens with two attached hydrogens (primary N) is 1. The molecule has 3 nitrogen and oxygen atoms in total. The van der Waals surface area contributed by atoms with Gasteiger partial charge in [0.15, 0.2) is 0 Å². The lowest BCUT2D eigenvalue weighted by atomic mass is 9.94. The van der Waals surface area contributed by atoms with E-state index < -0.39 is 0 Å². The van der Waals surface area contributed by atoms with Crippen LogP contribution in [0.4, 0.5) is 0 Å². The number of likely N-dealkylation sites (tertiary alicyclic amines) is 1. The van der Waals surface area contributed by atoms with Gasteiger partial charge in [0.1, 0.15) is 0 Å². The average molecular weight is 241 g/mol. The van der Waals surface area contributed by atoms with Gasteiger partial charge in [0, 0.05) is 12.6 Å². The SMILES string of the molecule is CC(C)CC(CN)CCN1CCC(N(C)C)C1. The van der Waals surface area contributed by atoms with Gasteiger partial charge in [0.2, 0.25) is 0 Å². The largest absolute Gasteiger partial charge is 0.330 e. The van der Waals surface area contributed by atoms with Gasteiger partial charge in [0.05, 0.1) is 0 Å². The zero-order valence-corrected chi connectivity index (χ0v) is 12.2. The Morgan fingerprint density at radius 1 is 1.35 bits per heavy atom. The standard InChI is InChI=1S/C14H31N3/c1-12(2)9-13(10-15)5-7-17-8-6-14(11-17)16(3)4/h12-14H,5-11,15H2,1-4H3. The molecule has 3 heteroatoms. The summed E-state index contributed by atoms with van der Waals surface area (Å²) in [5.74, 6) is 1.49. The molecule has 1 heterocycles. The van der Waals surface area contributed by atoms with Crippen molar-refractivity contribution in [2.24, 2.45) is 17.6 Å². The third-order valence-electron chi connectivity index (χ3n) is 3.97. The van der Waals surface area contributed by atoms with Crippen LogP contribution in [0, 0.1) is 11.8 Å². The van der Waals surface area contributed by atoms with E-state index in [4.69, 9.17) is 5.73 Å². The summed E-state index contributed by atoms with van der Waals surface area (Å²) in [6, 6.07) is 0.761.